The van der Waals surface area contributed by atoms with E-state index >= 15 is 0 Å². The fraction of sp³-hybridized carbons (Fsp3) is 0.263. The van der Waals surface area contributed by atoms with Crippen LogP contribution in [0.5, 0.6) is 17.2 Å². The lowest BCUT2D eigenvalue weighted by molar-refractivity contribution is -0.131. The van der Waals surface area contributed by atoms with Gasteiger partial charge in [0.05, 0.1) is 7.11 Å². The highest BCUT2D eigenvalue weighted by atomic mass is 35.5. The summed E-state index contributed by atoms with van der Waals surface area (Å²) in [6.45, 7) is 3.21. The fourth-order valence-corrected chi connectivity index (χ4v) is 2.28. The molecule has 0 bridgehead atoms. The van der Waals surface area contributed by atoms with Crippen LogP contribution in [0.4, 0.5) is 0 Å². The molecule has 144 valence electrons. The van der Waals surface area contributed by atoms with Gasteiger partial charge in [-0.15, -0.1) is 0 Å². The lowest BCUT2D eigenvalue weighted by atomic mass is 10.1. The molecule has 0 aliphatic heterocycles. The molecule has 27 heavy (non-hydrogen) atoms. The summed E-state index contributed by atoms with van der Waals surface area (Å²) in [4.78, 5) is 23.5. The van der Waals surface area contributed by atoms with Gasteiger partial charge < -0.3 is 14.2 Å². The number of carbonyl (C=O) groups excluding carboxylic acids is 2. The smallest absolute Gasteiger partial charge is 0.276 e. The van der Waals surface area contributed by atoms with E-state index in [1.807, 2.05) is 13.8 Å². The molecular formula is C19H21ClN2O5. The van der Waals surface area contributed by atoms with E-state index in [0.717, 1.165) is 11.1 Å². The molecule has 0 aliphatic carbocycles. The summed E-state index contributed by atoms with van der Waals surface area (Å²) in [5, 5.41) is 0.663. The van der Waals surface area contributed by atoms with E-state index in [0.29, 0.717) is 22.3 Å². The molecule has 0 atom stereocenters. The van der Waals surface area contributed by atoms with Crippen LogP contribution in [0, 0.1) is 13.8 Å². The quantitative estimate of drug-likeness (QED) is 0.707. The van der Waals surface area contributed by atoms with Crippen molar-refractivity contribution in [1.82, 2.24) is 10.9 Å². The number of ether oxygens (including phenoxy) is 3. The van der Waals surface area contributed by atoms with Crippen molar-refractivity contribution in [1.29, 1.82) is 0 Å². The van der Waals surface area contributed by atoms with Crippen LogP contribution in [-0.4, -0.2) is 32.1 Å². The van der Waals surface area contributed by atoms with Crippen LogP contribution < -0.4 is 25.1 Å². The van der Waals surface area contributed by atoms with Crippen molar-refractivity contribution in [3.05, 3.63) is 52.5 Å². The van der Waals surface area contributed by atoms with Gasteiger partial charge in [-0.05, 0) is 61.4 Å². The van der Waals surface area contributed by atoms with E-state index in [9.17, 15) is 9.59 Å². The van der Waals surface area contributed by atoms with Gasteiger partial charge in [0.2, 0.25) is 0 Å². The SMILES string of the molecule is COc1ccc(OCC(=O)NNC(=O)COc2cc(C)c(Cl)c(C)c2)cc1. The van der Waals surface area contributed by atoms with Crippen molar-refractivity contribution >= 4 is 23.4 Å². The summed E-state index contributed by atoms with van der Waals surface area (Å²) in [7, 11) is 1.56. The summed E-state index contributed by atoms with van der Waals surface area (Å²) < 4.78 is 15.7. The van der Waals surface area contributed by atoms with Crippen molar-refractivity contribution in [2.24, 2.45) is 0 Å². The van der Waals surface area contributed by atoms with Gasteiger partial charge in [-0.1, -0.05) is 11.6 Å². The monoisotopic (exact) mass is 392 g/mol. The number of hydrazine groups is 1. The molecule has 7 nitrogen and oxygen atoms in total. The van der Waals surface area contributed by atoms with E-state index in [1.54, 1.807) is 43.5 Å². The van der Waals surface area contributed by atoms with Crippen LogP contribution in [0.1, 0.15) is 11.1 Å². The number of amides is 2. The number of hydrogen-bond acceptors (Lipinski definition) is 5. The maximum Gasteiger partial charge on any atom is 0.276 e. The molecule has 2 aromatic rings. The third-order valence-corrected chi connectivity index (χ3v) is 4.15. The second-order valence-corrected chi connectivity index (χ2v) is 6.10. The van der Waals surface area contributed by atoms with Crippen LogP contribution in [0.15, 0.2) is 36.4 Å². The minimum atomic E-state index is -0.502. The van der Waals surface area contributed by atoms with Crippen molar-refractivity contribution in [2.45, 2.75) is 13.8 Å². The largest absolute Gasteiger partial charge is 0.497 e. The molecule has 0 unspecified atom stereocenters. The average molecular weight is 393 g/mol. The molecule has 0 fully saturated rings. The Labute approximate surface area is 162 Å². The Morgan fingerprint density at radius 2 is 1.30 bits per heavy atom. The summed E-state index contributed by atoms with van der Waals surface area (Å²) >= 11 is 6.09. The number of aryl methyl sites for hydroxylation is 2. The highest BCUT2D eigenvalue weighted by Gasteiger charge is 2.08. The van der Waals surface area contributed by atoms with E-state index in [2.05, 4.69) is 10.9 Å². The number of halogens is 1. The Bertz CT molecular complexity index is 785. The van der Waals surface area contributed by atoms with Crippen LogP contribution in [0.2, 0.25) is 5.02 Å². The number of carbonyl (C=O) groups is 2. The van der Waals surface area contributed by atoms with Crippen molar-refractivity contribution < 1.29 is 23.8 Å². The molecule has 0 spiro atoms. The predicted octanol–water partition coefficient (Wildman–Crippen LogP) is 2.57. The topological polar surface area (TPSA) is 85.9 Å². The molecule has 0 saturated carbocycles. The Kier molecular flexibility index (Phi) is 7.31. The lowest BCUT2D eigenvalue weighted by Crippen LogP contribution is -2.45. The van der Waals surface area contributed by atoms with Gasteiger partial charge in [0, 0.05) is 5.02 Å². The molecular weight excluding hydrogens is 372 g/mol. The second kappa shape index (κ2) is 9.68. The third kappa shape index (κ3) is 6.38. The van der Waals surface area contributed by atoms with Crippen molar-refractivity contribution in [3.63, 3.8) is 0 Å². The zero-order valence-electron chi connectivity index (χ0n) is 15.3. The summed E-state index contributed by atoms with van der Waals surface area (Å²) in [6.07, 6.45) is 0. The number of benzene rings is 2. The Hall–Kier alpha value is -2.93. The zero-order chi connectivity index (χ0) is 19.8. The standard InChI is InChI=1S/C19H21ClN2O5/c1-12-8-16(9-13(2)19(12)20)27-11-18(24)22-21-17(23)10-26-15-6-4-14(25-3)5-7-15/h4-9H,10-11H2,1-3H3,(H,21,23)(H,22,24). The Balaban J connectivity index is 1.70. The number of methoxy groups -OCH3 is 1. The van der Waals surface area contributed by atoms with Gasteiger partial charge in [0.15, 0.2) is 13.2 Å². The van der Waals surface area contributed by atoms with Crippen LogP contribution >= 0.6 is 11.6 Å². The average Bonchev–Trinajstić information content (AvgIpc) is 2.67. The maximum absolute atomic E-state index is 11.8. The highest BCUT2D eigenvalue weighted by molar-refractivity contribution is 6.32. The first-order chi connectivity index (χ1) is 12.9. The first-order valence-electron chi connectivity index (χ1n) is 8.13. The van der Waals surface area contributed by atoms with E-state index < -0.39 is 11.8 Å². The third-order valence-electron chi connectivity index (χ3n) is 3.55. The highest BCUT2D eigenvalue weighted by Crippen LogP contribution is 2.25. The first-order valence-corrected chi connectivity index (χ1v) is 8.51. The fourth-order valence-electron chi connectivity index (χ4n) is 2.17. The minimum Gasteiger partial charge on any atom is -0.497 e. The minimum absolute atomic E-state index is 0.247. The van der Waals surface area contributed by atoms with Crippen molar-refractivity contribution in [2.75, 3.05) is 20.3 Å². The maximum atomic E-state index is 11.8. The summed E-state index contributed by atoms with van der Waals surface area (Å²) in [6, 6.07) is 10.3. The normalized spacial score (nSPS) is 10.1. The molecule has 2 N–H and O–H groups in total. The van der Waals surface area contributed by atoms with Gasteiger partial charge >= 0.3 is 0 Å². The van der Waals surface area contributed by atoms with E-state index in [-0.39, 0.29) is 13.2 Å². The molecule has 2 aromatic carbocycles. The first kappa shape index (κ1) is 20.4. The molecule has 0 heterocycles. The molecule has 0 aliphatic rings. The molecule has 2 rings (SSSR count). The molecule has 0 saturated heterocycles. The number of nitrogens with one attached hydrogen (secondary N) is 2. The molecule has 0 radical (unpaired) electrons. The van der Waals surface area contributed by atoms with Crippen LogP contribution in [0.3, 0.4) is 0 Å². The summed E-state index contributed by atoms with van der Waals surface area (Å²) in [5.41, 5.74) is 6.23. The van der Waals surface area contributed by atoms with Gasteiger partial charge in [0.25, 0.3) is 11.8 Å². The van der Waals surface area contributed by atoms with Crippen LogP contribution in [0.25, 0.3) is 0 Å². The van der Waals surface area contributed by atoms with E-state index in [1.165, 1.54) is 0 Å². The van der Waals surface area contributed by atoms with Gasteiger partial charge in [0.1, 0.15) is 17.2 Å². The predicted molar refractivity (Wildman–Crippen MR) is 101 cm³/mol. The second-order valence-electron chi connectivity index (χ2n) is 5.72. The zero-order valence-corrected chi connectivity index (χ0v) is 16.1. The Morgan fingerprint density at radius 1 is 0.852 bits per heavy atom. The number of hydrogen-bond donors (Lipinski definition) is 2. The molecule has 0 aromatic heterocycles. The molecule has 8 heteroatoms. The van der Waals surface area contributed by atoms with Gasteiger partial charge in [-0.2, -0.15) is 0 Å². The van der Waals surface area contributed by atoms with Crippen molar-refractivity contribution in [3.8, 4) is 17.2 Å². The summed E-state index contributed by atoms with van der Waals surface area (Å²) in [5.74, 6) is 0.716. The molecule has 2 amide bonds. The van der Waals surface area contributed by atoms with Gasteiger partial charge in [-0.25, -0.2) is 0 Å². The Morgan fingerprint density at radius 3 is 1.78 bits per heavy atom. The van der Waals surface area contributed by atoms with Gasteiger partial charge in [-0.3, -0.25) is 20.4 Å². The van der Waals surface area contributed by atoms with Crippen LogP contribution in [-0.2, 0) is 9.59 Å². The number of rotatable bonds is 7. The van der Waals surface area contributed by atoms with E-state index in [4.69, 9.17) is 25.8 Å². The lowest BCUT2D eigenvalue weighted by Gasteiger charge is -2.11.